The number of aromatic nitrogens is 3. The van der Waals surface area contributed by atoms with Crippen LogP contribution in [0.15, 0.2) is 41.6 Å². The summed E-state index contributed by atoms with van der Waals surface area (Å²) >= 11 is 19.0. The molecule has 34 heavy (non-hydrogen) atoms. The number of non-ortho nitro benzene ring substituents is 1. The standard InChI is InChI=1S/C20H17Cl3N6O4S/c1-2-28-17(9-24-19(31)11-3-5-13(21)15(23)7-11)26-27-20(28)34-10-18(30)25-16-8-12(29(32)33)4-6-14(16)22/h3-8H,2,9-10H2,1H3,(H,24,31)(H,25,30). The Kier molecular flexibility index (Phi) is 8.72. The van der Waals surface area contributed by atoms with Crippen LogP contribution in [-0.4, -0.2) is 37.3 Å². The van der Waals surface area contributed by atoms with Gasteiger partial charge in [-0.3, -0.25) is 19.7 Å². The maximum atomic E-state index is 12.4. The van der Waals surface area contributed by atoms with Gasteiger partial charge in [0.1, 0.15) is 0 Å². The lowest BCUT2D eigenvalue weighted by molar-refractivity contribution is -0.384. The average Bonchev–Trinajstić information content (AvgIpc) is 3.20. The van der Waals surface area contributed by atoms with Crippen LogP contribution < -0.4 is 10.6 Å². The molecule has 0 atom stereocenters. The maximum absolute atomic E-state index is 12.4. The number of hydrogen-bond donors (Lipinski definition) is 2. The van der Waals surface area contributed by atoms with Crippen molar-refractivity contribution in [2.45, 2.75) is 25.2 Å². The highest BCUT2D eigenvalue weighted by Gasteiger charge is 2.16. The molecule has 3 aromatic rings. The summed E-state index contributed by atoms with van der Waals surface area (Å²) in [6.07, 6.45) is 0. The molecule has 0 saturated carbocycles. The number of amides is 2. The van der Waals surface area contributed by atoms with Crippen LogP contribution in [0, 0.1) is 10.1 Å². The largest absolute Gasteiger partial charge is 0.345 e. The Balaban J connectivity index is 1.60. The van der Waals surface area contributed by atoms with E-state index in [1.807, 2.05) is 6.92 Å². The fraction of sp³-hybridized carbons (Fsp3) is 0.200. The molecule has 10 nitrogen and oxygen atoms in total. The Morgan fingerprint density at radius 3 is 2.50 bits per heavy atom. The predicted molar refractivity (Wildman–Crippen MR) is 131 cm³/mol. The van der Waals surface area contributed by atoms with Crippen molar-refractivity contribution in [1.82, 2.24) is 20.1 Å². The normalized spacial score (nSPS) is 10.7. The Morgan fingerprint density at radius 1 is 1.09 bits per heavy atom. The van der Waals surface area contributed by atoms with Crippen LogP contribution in [0.3, 0.4) is 0 Å². The highest BCUT2D eigenvalue weighted by Crippen LogP contribution is 2.27. The highest BCUT2D eigenvalue weighted by atomic mass is 35.5. The Hall–Kier alpha value is -2.86. The van der Waals surface area contributed by atoms with E-state index in [9.17, 15) is 19.7 Å². The summed E-state index contributed by atoms with van der Waals surface area (Å²) in [7, 11) is 0. The van der Waals surface area contributed by atoms with Crippen LogP contribution in [0.5, 0.6) is 0 Å². The minimum atomic E-state index is -0.577. The van der Waals surface area contributed by atoms with Gasteiger partial charge in [-0.15, -0.1) is 10.2 Å². The predicted octanol–water partition coefficient (Wildman–Crippen LogP) is 4.83. The van der Waals surface area contributed by atoms with Crippen molar-refractivity contribution in [1.29, 1.82) is 0 Å². The molecule has 2 aromatic carbocycles. The number of nitro benzene ring substituents is 1. The molecule has 0 fully saturated rings. The second-order valence-electron chi connectivity index (χ2n) is 6.71. The number of benzene rings is 2. The first-order valence-electron chi connectivity index (χ1n) is 9.71. The van der Waals surface area contributed by atoms with Crippen molar-refractivity contribution >= 4 is 69.8 Å². The lowest BCUT2D eigenvalue weighted by Gasteiger charge is -2.09. The zero-order chi connectivity index (χ0) is 24.8. The van der Waals surface area contributed by atoms with Crippen LogP contribution >= 0.6 is 46.6 Å². The monoisotopic (exact) mass is 542 g/mol. The third-order valence-corrected chi connectivity index (χ3v) is 6.50. The van der Waals surface area contributed by atoms with Gasteiger partial charge in [0.15, 0.2) is 11.0 Å². The fourth-order valence-corrected chi connectivity index (χ4v) is 4.10. The SMILES string of the molecule is CCn1c(CNC(=O)c2ccc(Cl)c(Cl)c2)nnc1SCC(=O)Nc1cc([N+](=O)[O-])ccc1Cl. The zero-order valence-electron chi connectivity index (χ0n) is 17.5. The van der Waals surface area contributed by atoms with Crippen molar-refractivity contribution in [3.05, 3.63) is 73.0 Å². The molecule has 0 saturated heterocycles. The second kappa shape index (κ2) is 11.5. The van der Waals surface area contributed by atoms with Gasteiger partial charge in [-0.2, -0.15) is 0 Å². The van der Waals surface area contributed by atoms with Gasteiger partial charge in [0.05, 0.1) is 38.0 Å². The number of rotatable bonds is 9. The van der Waals surface area contributed by atoms with Crippen LogP contribution in [0.4, 0.5) is 11.4 Å². The summed E-state index contributed by atoms with van der Waals surface area (Å²) in [5, 5.41) is 25.7. The van der Waals surface area contributed by atoms with Crippen LogP contribution in [0.25, 0.3) is 0 Å². The highest BCUT2D eigenvalue weighted by molar-refractivity contribution is 7.99. The number of carbonyl (C=O) groups is 2. The van der Waals surface area contributed by atoms with Gasteiger partial charge >= 0.3 is 0 Å². The van der Waals surface area contributed by atoms with Gasteiger partial charge in [-0.05, 0) is 31.2 Å². The Labute approximate surface area is 213 Å². The number of hydrogen-bond acceptors (Lipinski definition) is 7. The summed E-state index contributed by atoms with van der Waals surface area (Å²) in [5.74, 6) is -0.313. The summed E-state index contributed by atoms with van der Waals surface area (Å²) in [5.41, 5.74) is 0.304. The minimum Gasteiger partial charge on any atom is -0.345 e. The summed E-state index contributed by atoms with van der Waals surface area (Å²) in [4.78, 5) is 35.1. The number of halogens is 3. The van der Waals surface area contributed by atoms with Gasteiger partial charge in [-0.25, -0.2) is 0 Å². The molecule has 1 heterocycles. The lowest BCUT2D eigenvalue weighted by Crippen LogP contribution is -2.24. The van der Waals surface area contributed by atoms with E-state index < -0.39 is 10.8 Å². The number of anilines is 1. The number of nitrogens with zero attached hydrogens (tertiary/aromatic N) is 4. The molecule has 178 valence electrons. The van der Waals surface area contributed by atoms with Crippen molar-refractivity contribution in [3.63, 3.8) is 0 Å². The first-order valence-corrected chi connectivity index (χ1v) is 11.8. The molecule has 0 radical (unpaired) electrons. The topological polar surface area (TPSA) is 132 Å². The molecule has 0 aliphatic carbocycles. The quantitative estimate of drug-likeness (QED) is 0.224. The van der Waals surface area contributed by atoms with E-state index in [1.165, 1.54) is 30.3 Å². The van der Waals surface area contributed by atoms with E-state index in [4.69, 9.17) is 34.8 Å². The lowest BCUT2D eigenvalue weighted by atomic mass is 10.2. The molecule has 1 aromatic heterocycles. The molecular weight excluding hydrogens is 527 g/mol. The third-order valence-electron chi connectivity index (χ3n) is 4.47. The van der Waals surface area contributed by atoms with Crippen molar-refractivity contribution < 1.29 is 14.5 Å². The fourth-order valence-electron chi connectivity index (χ4n) is 2.81. The summed E-state index contributed by atoms with van der Waals surface area (Å²) in [6.45, 7) is 2.49. The first kappa shape index (κ1) is 25.8. The number of thioether (sulfide) groups is 1. The molecular formula is C20H17Cl3N6O4S. The van der Waals surface area contributed by atoms with Gasteiger partial charge < -0.3 is 15.2 Å². The smallest absolute Gasteiger partial charge is 0.271 e. The van der Waals surface area contributed by atoms with Gasteiger partial charge in [0.25, 0.3) is 11.6 Å². The second-order valence-corrected chi connectivity index (χ2v) is 8.88. The number of carbonyl (C=O) groups excluding carboxylic acids is 2. The summed E-state index contributed by atoms with van der Waals surface area (Å²) < 4.78 is 1.76. The van der Waals surface area contributed by atoms with Crippen LogP contribution in [0.2, 0.25) is 15.1 Å². The van der Waals surface area contributed by atoms with Crippen molar-refractivity contribution in [3.8, 4) is 0 Å². The number of nitrogens with one attached hydrogen (secondary N) is 2. The Bertz CT molecular complexity index is 1250. The van der Waals surface area contributed by atoms with E-state index >= 15 is 0 Å². The van der Waals surface area contributed by atoms with E-state index in [1.54, 1.807) is 10.6 Å². The van der Waals surface area contributed by atoms with Crippen LogP contribution in [0.1, 0.15) is 23.1 Å². The molecule has 3 rings (SSSR count). The van der Waals surface area contributed by atoms with Gasteiger partial charge in [0.2, 0.25) is 5.91 Å². The number of nitro groups is 1. The van der Waals surface area contributed by atoms with E-state index in [0.29, 0.717) is 28.1 Å². The van der Waals surface area contributed by atoms with E-state index in [2.05, 4.69) is 20.8 Å². The molecule has 14 heteroatoms. The minimum absolute atomic E-state index is 0.0349. The first-order chi connectivity index (χ1) is 16.2. The van der Waals surface area contributed by atoms with E-state index in [0.717, 1.165) is 11.8 Å². The molecule has 0 unspecified atom stereocenters. The maximum Gasteiger partial charge on any atom is 0.271 e. The van der Waals surface area contributed by atoms with Crippen molar-refractivity contribution in [2.24, 2.45) is 0 Å². The van der Waals surface area contributed by atoms with Crippen LogP contribution in [-0.2, 0) is 17.9 Å². The van der Waals surface area contributed by atoms with Crippen molar-refractivity contribution in [2.75, 3.05) is 11.1 Å². The third kappa shape index (κ3) is 6.38. The molecule has 0 aliphatic heterocycles. The molecule has 0 bridgehead atoms. The van der Waals surface area contributed by atoms with Gasteiger partial charge in [0, 0.05) is 24.2 Å². The zero-order valence-corrected chi connectivity index (χ0v) is 20.6. The molecule has 0 aliphatic rings. The van der Waals surface area contributed by atoms with Gasteiger partial charge in [-0.1, -0.05) is 46.6 Å². The Morgan fingerprint density at radius 2 is 1.82 bits per heavy atom. The van der Waals surface area contributed by atoms with E-state index in [-0.39, 0.29) is 39.6 Å². The molecule has 2 amide bonds. The summed E-state index contributed by atoms with van der Waals surface area (Å²) in [6, 6.07) is 8.34. The average molecular weight is 544 g/mol. The molecule has 2 N–H and O–H groups in total. The molecule has 0 spiro atoms.